The highest BCUT2D eigenvalue weighted by molar-refractivity contribution is 7.92. The number of anilines is 1. The molecular formula is C13H16N4O3S. The number of sulfonamides is 1. The number of aryl methyl sites for hydroxylation is 1. The number of nitrogens with zero attached hydrogens (tertiary/aromatic N) is 2. The third-order valence-electron chi connectivity index (χ3n) is 2.76. The number of hydrogen-bond acceptors (Lipinski definition) is 4. The average molecular weight is 308 g/mol. The number of benzene rings is 1. The van der Waals surface area contributed by atoms with E-state index in [4.69, 9.17) is 0 Å². The van der Waals surface area contributed by atoms with Crippen molar-refractivity contribution in [3.8, 4) is 0 Å². The molecule has 1 amide bonds. The lowest BCUT2D eigenvalue weighted by atomic mass is 10.2. The Labute approximate surface area is 123 Å². The molecule has 0 atom stereocenters. The number of aromatic amines is 1. The van der Waals surface area contributed by atoms with Crippen LogP contribution in [0.2, 0.25) is 0 Å². The van der Waals surface area contributed by atoms with Gasteiger partial charge < -0.3 is 9.88 Å². The monoisotopic (exact) mass is 308 g/mol. The Morgan fingerprint density at radius 1 is 1.24 bits per heavy atom. The van der Waals surface area contributed by atoms with Crippen molar-refractivity contribution in [2.45, 2.75) is 11.9 Å². The summed E-state index contributed by atoms with van der Waals surface area (Å²) < 4.78 is 26.6. The Morgan fingerprint density at radius 2 is 1.86 bits per heavy atom. The number of rotatable bonds is 4. The van der Waals surface area contributed by atoms with E-state index in [1.807, 2.05) is 0 Å². The summed E-state index contributed by atoms with van der Waals surface area (Å²) in [4.78, 5) is 19.7. The Kier molecular flexibility index (Phi) is 3.99. The van der Waals surface area contributed by atoms with Crippen LogP contribution in [0, 0.1) is 6.92 Å². The lowest BCUT2D eigenvalue weighted by Gasteiger charge is -2.11. The van der Waals surface area contributed by atoms with Crippen LogP contribution in [0.1, 0.15) is 16.2 Å². The van der Waals surface area contributed by atoms with Crippen LogP contribution in [0.25, 0.3) is 0 Å². The van der Waals surface area contributed by atoms with E-state index in [0.717, 1.165) is 0 Å². The van der Waals surface area contributed by atoms with Crippen LogP contribution < -0.4 is 4.72 Å². The molecular weight excluding hydrogens is 292 g/mol. The van der Waals surface area contributed by atoms with Crippen molar-refractivity contribution >= 4 is 21.6 Å². The van der Waals surface area contributed by atoms with Crippen molar-refractivity contribution < 1.29 is 13.2 Å². The second-order valence-electron chi connectivity index (χ2n) is 4.72. The van der Waals surface area contributed by atoms with Gasteiger partial charge in [-0.2, -0.15) is 8.42 Å². The van der Waals surface area contributed by atoms with Gasteiger partial charge in [0.25, 0.3) is 15.9 Å². The molecule has 0 saturated carbocycles. The zero-order chi connectivity index (χ0) is 15.6. The lowest BCUT2D eigenvalue weighted by molar-refractivity contribution is 0.0827. The SMILES string of the molecule is Cc1ncc(S(=O)(=O)Nc2ccc(C(=O)N(C)C)cc2)[nH]1. The van der Waals surface area contributed by atoms with Crippen molar-refractivity contribution in [2.24, 2.45) is 0 Å². The summed E-state index contributed by atoms with van der Waals surface area (Å²) in [5, 5.41) is -0.00607. The van der Waals surface area contributed by atoms with Crippen LogP contribution in [0.4, 0.5) is 5.69 Å². The van der Waals surface area contributed by atoms with Crippen molar-refractivity contribution in [3.05, 3.63) is 41.9 Å². The molecule has 0 radical (unpaired) electrons. The molecule has 2 aromatic rings. The highest BCUT2D eigenvalue weighted by atomic mass is 32.2. The minimum atomic E-state index is -3.71. The van der Waals surface area contributed by atoms with Gasteiger partial charge in [0.1, 0.15) is 5.82 Å². The molecule has 0 unspecified atom stereocenters. The predicted octanol–water partition coefficient (Wildman–Crippen LogP) is 1.22. The van der Waals surface area contributed by atoms with Crippen LogP contribution >= 0.6 is 0 Å². The summed E-state index contributed by atoms with van der Waals surface area (Å²) in [5.41, 5.74) is 0.859. The summed E-state index contributed by atoms with van der Waals surface area (Å²) in [5.74, 6) is 0.371. The molecule has 112 valence electrons. The smallest absolute Gasteiger partial charge is 0.278 e. The van der Waals surface area contributed by atoms with Crippen molar-refractivity contribution in [1.29, 1.82) is 0 Å². The molecule has 0 spiro atoms. The van der Waals surface area contributed by atoms with Crippen LogP contribution in [-0.4, -0.2) is 43.3 Å². The van der Waals surface area contributed by atoms with E-state index in [-0.39, 0.29) is 10.9 Å². The summed E-state index contributed by atoms with van der Waals surface area (Å²) >= 11 is 0. The van der Waals surface area contributed by atoms with Crippen LogP contribution in [-0.2, 0) is 10.0 Å². The lowest BCUT2D eigenvalue weighted by Crippen LogP contribution is -2.21. The molecule has 0 aliphatic heterocycles. The first-order valence-electron chi connectivity index (χ1n) is 6.16. The van der Waals surface area contributed by atoms with Gasteiger partial charge in [0.2, 0.25) is 0 Å². The van der Waals surface area contributed by atoms with E-state index in [0.29, 0.717) is 17.1 Å². The summed E-state index contributed by atoms with van der Waals surface area (Å²) in [7, 11) is -0.401. The molecule has 8 heteroatoms. The van der Waals surface area contributed by atoms with Crippen molar-refractivity contribution in [3.63, 3.8) is 0 Å². The van der Waals surface area contributed by atoms with Gasteiger partial charge in [-0.1, -0.05) is 0 Å². The van der Waals surface area contributed by atoms with E-state index < -0.39 is 10.0 Å². The van der Waals surface area contributed by atoms with Crippen molar-refractivity contribution in [2.75, 3.05) is 18.8 Å². The van der Waals surface area contributed by atoms with E-state index in [2.05, 4.69) is 14.7 Å². The van der Waals surface area contributed by atoms with E-state index >= 15 is 0 Å². The minimum absolute atomic E-state index is 0.00607. The molecule has 1 aromatic heterocycles. The summed E-state index contributed by atoms with van der Waals surface area (Å²) in [6, 6.07) is 6.21. The number of amides is 1. The molecule has 1 heterocycles. The van der Waals surface area contributed by atoms with Gasteiger partial charge in [-0.3, -0.25) is 9.52 Å². The largest absolute Gasteiger partial charge is 0.345 e. The van der Waals surface area contributed by atoms with Gasteiger partial charge in [-0.05, 0) is 31.2 Å². The molecule has 0 saturated heterocycles. The fourth-order valence-corrected chi connectivity index (χ4v) is 2.71. The third kappa shape index (κ3) is 3.40. The number of carbonyl (C=O) groups excluding carboxylic acids is 1. The maximum absolute atomic E-state index is 12.1. The maximum Gasteiger partial charge on any atom is 0.278 e. The van der Waals surface area contributed by atoms with Gasteiger partial charge in [-0.25, -0.2) is 4.98 Å². The highest BCUT2D eigenvalue weighted by Crippen LogP contribution is 2.16. The van der Waals surface area contributed by atoms with E-state index in [1.54, 1.807) is 33.2 Å². The van der Waals surface area contributed by atoms with Gasteiger partial charge in [-0.15, -0.1) is 0 Å². The Balaban J connectivity index is 2.19. The summed E-state index contributed by atoms with van der Waals surface area (Å²) in [6.07, 6.45) is 1.25. The maximum atomic E-state index is 12.1. The highest BCUT2D eigenvalue weighted by Gasteiger charge is 2.17. The van der Waals surface area contributed by atoms with Crippen LogP contribution in [0.15, 0.2) is 35.5 Å². The molecule has 1 aromatic carbocycles. The topological polar surface area (TPSA) is 95.2 Å². The van der Waals surface area contributed by atoms with Gasteiger partial charge in [0.05, 0.1) is 6.20 Å². The molecule has 2 N–H and O–H groups in total. The van der Waals surface area contributed by atoms with E-state index in [1.165, 1.54) is 23.2 Å². The van der Waals surface area contributed by atoms with Gasteiger partial charge >= 0.3 is 0 Å². The van der Waals surface area contributed by atoms with Gasteiger partial charge in [0, 0.05) is 25.3 Å². The summed E-state index contributed by atoms with van der Waals surface area (Å²) in [6.45, 7) is 1.67. The molecule has 0 aliphatic rings. The zero-order valence-electron chi connectivity index (χ0n) is 11.9. The number of nitrogens with one attached hydrogen (secondary N) is 2. The number of imidazole rings is 1. The van der Waals surface area contributed by atoms with Crippen LogP contribution in [0.5, 0.6) is 0 Å². The van der Waals surface area contributed by atoms with Crippen molar-refractivity contribution in [1.82, 2.24) is 14.9 Å². The molecule has 0 bridgehead atoms. The predicted molar refractivity (Wildman–Crippen MR) is 78.6 cm³/mol. The first kappa shape index (κ1) is 15.0. The fraction of sp³-hybridized carbons (Fsp3) is 0.231. The second-order valence-corrected chi connectivity index (χ2v) is 6.37. The molecule has 7 nitrogen and oxygen atoms in total. The Bertz CT molecular complexity index is 748. The van der Waals surface area contributed by atoms with E-state index in [9.17, 15) is 13.2 Å². The quantitative estimate of drug-likeness (QED) is 0.888. The molecule has 0 fully saturated rings. The van der Waals surface area contributed by atoms with Crippen LogP contribution in [0.3, 0.4) is 0 Å². The molecule has 2 rings (SSSR count). The second kappa shape index (κ2) is 5.57. The number of aromatic nitrogens is 2. The zero-order valence-corrected chi connectivity index (χ0v) is 12.7. The Morgan fingerprint density at radius 3 is 2.33 bits per heavy atom. The number of carbonyl (C=O) groups is 1. The fourth-order valence-electron chi connectivity index (χ4n) is 1.68. The minimum Gasteiger partial charge on any atom is -0.345 e. The first-order chi connectivity index (χ1) is 9.79. The number of H-pyrrole nitrogens is 1. The Hall–Kier alpha value is -2.35. The normalized spacial score (nSPS) is 11.2. The first-order valence-corrected chi connectivity index (χ1v) is 7.64. The average Bonchev–Trinajstić information content (AvgIpc) is 2.86. The molecule has 0 aliphatic carbocycles. The number of hydrogen-bond donors (Lipinski definition) is 2. The van der Waals surface area contributed by atoms with Gasteiger partial charge in [0.15, 0.2) is 5.03 Å². The standard InChI is InChI=1S/C13H16N4O3S/c1-9-14-8-12(15-9)21(19,20)16-11-6-4-10(5-7-11)13(18)17(2)3/h4-8,16H,1-3H3,(H,14,15). The molecule has 21 heavy (non-hydrogen) atoms. The third-order valence-corrected chi connectivity index (χ3v) is 4.05.